The van der Waals surface area contributed by atoms with E-state index in [2.05, 4.69) is 4.72 Å². The molecule has 0 aromatic heterocycles. The van der Waals surface area contributed by atoms with Crippen LogP contribution in [0.5, 0.6) is 0 Å². The van der Waals surface area contributed by atoms with Crippen LogP contribution in [-0.4, -0.2) is 29.1 Å². The number of anilines is 2. The molecule has 6 nitrogen and oxygen atoms in total. The molecule has 3 rings (SSSR count). The minimum atomic E-state index is -4.04. The van der Waals surface area contributed by atoms with Crippen LogP contribution in [0, 0.1) is 18.6 Å². The van der Waals surface area contributed by atoms with E-state index in [4.69, 9.17) is 0 Å². The predicted octanol–water partition coefficient (Wildman–Crippen LogP) is 2.76. The zero-order chi connectivity index (χ0) is 19.8. The number of aryl methyl sites for hydroxylation is 1. The molecule has 0 aliphatic carbocycles. The summed E-state index contributed by atoms with van der Waals surface area (Å²) in [6, 6.07) is 7.23. The normalized spacial score (nSPS) is 16.5. The maximum absolute atomic E-state index is 13.7. The Kier molecular flexibility index (Phi) is 5.13. The largest absolute Gasteiger partial charge is 0.283 e. The molecule has 1 fully saturated rings. The molecule has 1 heterocycles. The average molecular weight is 416 g/mol. The molecule has 1 saturated heterocycles. The summed E-state index contributed by atoms with van der Waals surface area (Å²) >= 11 is 0. The fourth-order valence-electron chi connectivity index (χ4n) is 2.87. The Bertz CT molecular complexity index is 1090. The standard InChI is InChI=1S/C17H18F2N2O4S2/c1-12-3-5-15(21-7-2-8-27(21,24)25)10-17(12)20-26(22,23)11-13-9-14(18)4-6-16(13)19/h3-6,9-10,20H,2,7-8,11H2,1H3. The summed E-state index contributed by atoms with van der Waals surface area (Å²) in [6.07, 6.45) is 0.496. The maximum atomic E-state index is 13.7. The molecule has 1 aliphatic heterocycles. The van der Waals surface area contributed by atoms with Gasteiger partial charge in [-0.2, -0.15) is 0 Å². The van der Waals surface area contributed by atoms with E-state index in [9.17, 15) is 25.6 Å². The minimum absolute atomic E-state index is 0.0424. The third kappa shape index (κ3) is 4.38. The van der Waals surface area contributed by atoms with Crippen molar-refractivity contribution < 1.29 is 25.6 Å². The van der Waals surface area contributed by atoms with Crippen LogP contribution in [0.2, 0.25) is 0 Å². The SMILES string of the molecule is Cc1ccc(N2CCCS2(=O)=O)cc1NS(=O)(=O)Cc1cc(F)ccc1F. The van der Waals surface area contributed by atoms with E-state index in [0.29, 0.717) is 24.2 Å². The van der Waals surface area contributed by atoms with Gasteiger partial charge in [0.05, 0.1) is 22.9 Å². The van der Waals surface area contributed by atoms with E-state index in [1.54, 1.807) is 19.1 Å². The lowest BCUT2D eigenvalue weighted by atomic mass is 10.2. The summed E-state index contributed by atoms with van der Waals surface area (Å²) in [5, 5.41) is 0. The Labute approximate surface area is 156 Å². The van der Waals surface area contributed by atoms with Crippen LogP contribution in [0.15, 0.2) is 36.4 Å². The van der Waals surface area contributed by atoms with Gasteiger partial charge in [-0.3, -0.25) is 9.03 Å². The van der Waals surface area contributed by atoms with Crippen molar-refractivity contribution >= 4 is 31.4 Å². The highest BCUT2D eigenvalue weighted by molar-refractivity contribution is 7.93. The predicted molar refractivity (Wildman–Crippen MR) is 99.5 cm³/mol. The van der Waals surface area contributed by atoms with Gasteiger partial charge in [0.2, 0.25) is 20.0 Å². The van der Waals surface area contributed by atoms with Crippen LogP contribution < -0.4 is 9.03 Å². The first kappa shape index (κ1) is 19.6. The molecule has 0 spiro atoms. The Morgan fingerprint density at radius 2 is 1.89 bits per heavy atom. The highest BCUT2D eigenvalue weighted by Crippen LogP contribution is 2.29. The number of sulfonamides is 2. The highest BCUT2D eigenvalue weighted by atomic mass is 32.2. The van der Waals surface area contributed by atoms with Crippen molar-refractivity contribution in [2.45, 2.75) is 19.1 Å². The lowest BCUT2D eigenvalue weighted by molar-refractivity contribution is 0.581. The minimum Gasteiger partial charge on any atom is -0.283 e. The third-order valence-corrected chi connectivity index (χ3v) is 7.32. The van der Waals surface area contributed by atoms with Crippen LogP contribution >= 0.6 is 0 Å². The van der Waals surface area contributed by atoms with E-state index in [1.165, 1.54) is 10.4 Å². The van der Waals surface area contributed by atoms with E-state index in [-0.39, 0.29) is 17.0 Å². The number of nitrogens with zero attached hydrogens (tertiary/aromatic N) is 1. The van der Waals surface area contributed by atoms with E-state index >= 15 is 0 Å². The number of nitrogens with one attached hydrogen (secondary N) is 1. The molecule has 0 radical (unpaired) electrons. The zero-order valence-corrected chi connectivity index (χ0v) is 16.1. The molecule has 10 heteroatoms. The van der Waals surface area contributed by atoms with E-state index in [0.717, 1.165) is 18.2 Å². The topological polar surface area (TPSA) is 83.6 Å². The molecule has 0 amide bonds. The van der Waals surface area contributed by atoms with Gasteiger partial charge in [0.1, 0.15) is 11.6 Å². The summed E-state index contributed by atoms with van der Waals surface area (Å²) in [4.78, 5) is 0. The van der Waals surface area contributed by atoms with Crippen molar-refractivity contribution in [1.82, 2.24) is 0 Å². The summed E-state index contributed by atoms with van der Waals surface area (Å²) in [5.74, 6) is -2.27. The second kappa shape index (κ2) is 7.08. The number of rotatable bonds is 5. The van der Waals surface area contributed by atoms with Gasteiger partial charge in [0.15, 0.2) is 0 Å². The van der Waals surface area contributed by atoms with Gasteiger partial charge < -0.3 is 0 Å². The highest BCUT2D eigenvalue weighted by Gasteiger charge is 2.29. The quantitative estimate of drug-likeness (QED) is 0.812. The molecule has 2 aromatic rings. The molecule has 0 unspecified atom stereocenters. The molecule has 2 aromatic carbocycles. The van der Waals surface area contributed by atoms with Crippen LogP contribution in [0.3, 0.4) is 0 Å². The Morgan fingerprint density at radius 3 is 2.56 bits per heavy atom. The van der Waals surface area contributed by atoms with Gasteiger partial charge in [-0.1, -0.05) is 6.07 Å². The van der Waals surface area contributed by atoms with Crippen molar-refractivity contribution in [3.63, 3.8) is 0 Å². The first-order valence-electron chi connectivity index (χ1n) is 8.13. The van der Waals surface area contributed by atoms with Crippen molar-refractivity contribution in [2.24, 2.45) is 0 Å². The Morgan fingerprint density at radius 1 is 1.15 bits per heavy atom. The molecule has 27 heavy (non-hydrogen) atoms. The van der Waals surface area contributed by atoms with Gasteiger partial charge in [-0.15, -0.1) is 0 Å². The van der Waals surface area contributed by atoms with E-state index < -0.39 is 37.4 Å². The van der Waals surface area contributed by atoms with Crippen molar-refractivity contribution in [3.8, 4) is 0 Å². The summed E-state index contributed by atoms with van der Waals surface area (Å²) in [6.45, 7) is 1.98. The fraction of sp³-hybridized carbons (Fsp3) is 0.294. The van der Waals surface area contributed by atoms with Crippen molar-refractivity contribution in [3.05, 3.63) is 59.2 Å². The number of benzene rings is 2. The molecular weight excluding hydrogens is 398 g/mol. The average Bonchev–Trinajstić information content (AvgIpc) is 2.92. The second-order valence-corrected chi connectivity index (χ2v) is 10.1. The van der Waals surface area contributed by atoms with Crippen LogP contribution in [0.1, 0.15) is 17.5 Å². The van der Waals surface area contributed by atoms with E-state index in [1.807, 2.05) is 0 Å². The monoisotopic (exact) mass is 416 g/mol. The molecule has 1 aliphatic rings. The lowest BCUT2D eigenvalue weighted by Gasteiger charge is -2.19. The van der Waals surface area contributed by atoms with Crippen molar-refractivity contribution in [1.29, 1.82) is 0 Å². The fourth-order valence-corrected chi connectivity index (χ4v) is 5.68. The molecular formula is C17H18F2N2O4S2. The number of hydrogen-bond acceptors (Lipinski definition) is 4. The number of halogens is 2. The lowest BCUT2D eigenvalue weighted by Crippen LogP contribution is -2.25. The second-order valence-electron chi connectivity index (χ2n) is 6.34. The smallest absolute Gasteiger partial charge is 0.237 e. The first-order chi connectivity index (χ1) is 12.6. The van der Waals surface area contributed by atoms with Gasteiger partial charge in [0.25, 0.3) is 0 Å². The van der Waals surface area contributed by atoms with Crippen LogP contribution in [0.4, 0.5) is 20.2 Å². The number of hydrogen-bond donors (Lipinski definition) is 1. The van der Waals surface area contributed by atoms with Gasteiger partial charge >= 0.3 is 0 Å². The molecule has 1 N–H and O–H groups in total. The Balaban J connectivity index is 1.88. The van der Waals surface area contributed by atoms with Gasteiger partial charge in [-0.25, -0.2) is 25.6 Å². The van der Waals surface area contributed by atoms with Gasteiger partial charge in [0, 0.05) is 12.1 Å². The van der Waals surface area contributed by atoms with Crippen molar-refractivity contribution in [2.75, 3.05) is 21.3 Å². The summed E-state index contributed by atoms with van der Waals surface area (Å²) < 4.78 is 79.5. The van der Waals surface area contributed by atoms with Crippen LogP contribution in [-0.2, 0) is 25.8 Å². The summed E-state index contributed by atoms with van der Waals surface area (Å²) in [7, 11) is -7.45. The van der Waals surface area contributed by atoms with Gasteiger partial charge in [-0.05, 0) is 49.2 Å². The third-order valence-electron chi connectivity index (χ3n) is 4.23. The Hall–Kier alpha value is -2.20. The summed E-state index contributed by atoms with van der Waals surface area (Å²) in [5.41, 5.74) is 0.816. The first-order valence-corrected chi connectivity index (χ1v) is 11.4. The molecule has 0 saturated carbocycles. The molecule has 0 bridgehead atoms. The molecule has 146 valence electrons. The molecule has 0 atom stereocenters. The zero-order valence-electron chi connectivity index (χ0n) is 14.4. The van der Waals surface area contributed by atoms with Crippen LogP contribution in [0.25, 0.3) is 0 Å². The maximum Gasteiger partial charge on any atom is 0.237 e.